The highest BCUT2D eigenvalue weighted by molar-refractivity contribution is 7.89. The van der Waals surface area contributed by atoms with E-state index < -0.39 is 43.8 Å². The van der Waals surface area contributed by atoms with E-state index in [1.807, 2.05) is 4.72 Å². The second-order valence-electron chi connectivity index (χ2n) is 6.13. The number of rotatable bonds is 3. The topological polar surface area (TPSA) is 46.2 Å². The summed E-state index contributed by atoms with van der Waals surface area (Å²) >= 11 is 0. The SMILES string of the molecule is CC(C)(C)CNS(=O)(=O)c1cc(C(F)(F)F)cc(C(F)(F)F)c1. The first-order valence-electron chi connectivity index (χ1n) is 6.31. The molecule has 132 valence electrons. The van der Waals surface area contributed by atoms with Crippen molar-refractivity contribution in [2.24, 2.45) is 5.41 Å². The molecule has 0 aliphatic heterocycles. The first-order chi connectivity index (χ1) is 10.0. The van der Waals surface area contributed by atoms with Crippen molar-refractivity contribution in [3.05, 3.63) is 29.3 Å². The van der Waals surface area contributed by atoms with Crippen LogP contribution in [0.25, 0.3) is 0 Å². The molecule has 0 aliphatic carbocycles. The molecule has 0 heterocycles. The Hall–Kier alpha value is -1.29. The molecule has 0 atom stereocenters. The van der Waals surface area contributed by atoms with Gasteiger partial charge in [-0.2, -0.15) is 26.3 Å². The lowest BCUT2D eigenvalue weighted by Gasteiger charge is -2.20. The summed E-state index contributed by atoms with van der Waals surface area (Å²) in [7, 11) is -4.51. The van der Waals surface area contributed by atoms with E-state index in [-0.39, 0.29) is 24.7 Å². The number of hydrogen-bond acceptors (Lipinski definition) is 2. The predicted molar refractivity (Wildman–Crippen MR) is 71.1 cm³/mol. The molecule has 1 rings (SSSR count). The summed E-state index contributed by atoms with van der Waals surface area (Å²) in [6.45, 7) is 4.82. The third kappa shape index (κ3) is 5.69. The molecule has 10 heteroatoms. The summed E-state index contributed by atoms with van der Waals surface area (Å²) in [5.74, 6) is 0. The highest BCUT2D eigenvalue weighted by Gasteiger charge is 2.38. The molecule has 0 saturated heterocycles. The second kappa shape index (κ2) is 5.97. The van der Waals surface area contributed by atoms with Gasteiger partial charge in [0.05, 0.1) is 16.0 Å². The summed E-state index contributed by atoms with van der Waals surface area (Å²) in [5.41, 5.74) is -3.89. The first kappa shape index (κ1) is 19.8. The van der Waals surface area contributed by atoms with Crippen molar-refractivity contribution >= 4 is 10.0 Å². The number of alkyl halides is 6. The smallest absolute Gasteiger partial charge is 0.211 e. The number of hydrogen-bond donors (Lipinski definition) is 1. The quantitative estimate of drug-likeness (QED) is 0.824. The summed E-state index contributed by atoms with van der Waals surface area (Å²) in [5, 5.41) is 0. The van der Waals surface area contributed by atoms with Crippen LogP contribution in [0.5, 0.6) is 0 Å². The van der Waals surface area contributed by atoms with E-state index in [1.165, 1.54) is 0 Å². The molecular weight excluding hydrogens is 348 g/mol. The van der Waals surface area contributed by atoms with Crippen LogP contribution in [0.4, 0.5) is 26.3 Å². The Labute approximate surface area is 129 Å². The molecule has 0 radical (unpaired) electrons. The maximum absolute atomic E-state index is 12.7. The summed E-state index contributed by atoms with van der Waals surface area (Å²) < 4.78 is 102. The summed E-state index contributed by atoms with van der Waals surface area (Å²) in [6, 6.07) is 0.239. The number of halogens is 6. The molecule has 0 amide bonds. The van der Waals surface area contributed by atoms with Gasteiger partial charge in [-0.1, -0.05) is 20.8 Å². The van der Waals surface area contributed by atoms with Gasteiger partial charge in [-0.15, -0.1) is 0 Å². The van der Waals surface area contributed by atoms with Gasteiger partial charge >= 0.3 is 12.4 Å². The van der Waals surface area contributed by atoms with Crippen LogP contribution in [0.1, 0.15) is 31.9 Å². The Morgan fingerprint density at radius 1 is 0.870 bits per heavy atom. The highest BCUT2D eigenvalue weighted by Crippen LogP contribution is 2.37. The van der Waals surface area contributed by atoms with Gasteiger partial charge in [-0.05, 0) is 23.6 Å². The van der Waals surface area contributed by atoms with Crippen molar-refractivity contribution in [1.82, 2.24) is 4.72 Å². The zero-order valence-electron chi connectivity index (χ0n) is 12.4. The molecule has 1 N–H and O–H groups in total. The molecule has 0 unspecified atom stereocenters. The molecule has 0 saturated carbocycles. The van der Waals surface area contributed by atoms with Crippen molar-refractivity contribution < 1.29 is 34.8 Å². The Morgan fingerprint density at radius 2 is 1.26 bits per heavy atom. The fraction of sp³-hybridized carbons (Fsp3) is 0.538. The minimum atomic E-state index is -5.10. The number of benzene rings is 1. The molecule has 0 aromatic heterocycles. The molecule has 0 aliphatic rings. The minimum Gasteiger partial charge on any atom is -0.211 e. The highest BCUT2D eigenvalue weighted by atomic mass is 32.2. The van der Waals surface area contributed by atoms with Crippen molar-refractivity contribution in [2.45, 2.75) is 38.0 Å². The first-order valence-corrected chi connectivity index (χ1v) is 7.80. The average Bonchev–Trinajstić information content (AvgIpc) is 2.33. The van der Waals surface area contributed by atoms with Crippen LogP contribution in [-0.2, 0) is 22.4 Å². The molecule has 0 spiro atoms. The van der Waals surface area contributed by atoms with Crippen molar-refractivity contribution in [3.63, 3.8) is 0 Å². The van der Waals surface area contributed by atoms with Gasteiger partial charge in [0.15, 0.2) is 0 Å². The summed E-state index contributed by atoms with van der Waals surface area (Å²) in [4.78, 5) is -1.08. The van der Waals surface area contributed by atoms with Crippen molar-refractivity contribution in [2.75, 3.05) is 6.54 Å². The van der Waals surface area contributed by atoms with Gasteiger partial charge in [0.25, 0.3) is 0 Å². The fourth-order valence-electron chi connectivity index (χ4n) is 1.48. The van der Waals surface area contributed by atoms with Gasteiger partial charge in [0.1, 0.15) is 0 Å². The van der Waals surface area contributed by atoms with Crippen LogP contribution in [0.3, 0.4) is 0 Å². The third-order valence-corrected chi connectivity index (χ3v) is 4.04. The normalized spacial score (nSPS) is 14.1. The van der Waals surface area contributed by atoms with E-state index in [1.54, 1.807) is 20.8 Å². The van der Waals surface area contributed by atoms with Gasteiger partial charge < -0.3 is 0 Å². The molecule has 3 nitrogen and oxygen atoms in total. The minimum absolute atomic E-state index is 0.122. The lowest BCUT2D eigenvalue weighted by atomic mass is 9.98. The van der Waals surface area contributed by atoms with Crippen molar-refractivity contribution in [1.29, 1.82) is 0 Å². The van der Waals surface area contributed by atoms with Crippen molar-refractivity contribution in [3.8, 4) is 0 Å². The van der Waals surface area contributed by atoms with E-state index in [0.29, 0.717) is 0 Å². The second-order valence-corrected chi connectivity index (χ2v) is 7.89. The Balaban J connectivity index is 3.41. The van der Waals surface area contributed by atoms with Gasteiger partial charge in [0, 0.05) is 6.54 Å². The Kier molecular flexibility index (Phi) is 5.13. The lowest BCUT2D eigenvalue weighted by molar-refractivity contribution is -0.143. The molecule has 23 heavy (non-hydrogen) atoms. The van der Waals surface area contributed by atoms with E-state index >= 15 is 0 Å². The van der Waals surface area contributed by atoms with Crippen LogP contribution >= 0.6 is 0 Å². The average molecular weight is 363 g/mol. The van der Waals surface area contributed by atoms with Crippen LogP contribution in [0, 0.1) is 5.41 Å². The van der Waals surface area contributed by atoms with Gasteiger partial charge in [-0.25, -0.2) is 13.1 Å². The van der Waals surface area contributed by atoms with E-state index in [4.69, 9.17) is 0 Å². The molecule has 1 aromatic rings. The number of nitrogens with one attached hydrogen (secondary N) is 1. The maximum Gasteiger partial charge on any atom is 0.416 e. The van der Waals surface area contributed by atoms with E-state index in [0.717, 1.165) is 0 Å². The monoisotopic (exact) mass is 363 g/mol. The zero-order valence-corrected chi connectivity index (χ0v) is 13.2. The van der Waals surface area contributed by atoms with Crippen LogP contribution in [0.2, 0.25) is 0 Å². The van der Waals surface area contributed by atoms with Crippen LogP contribution in [-0.4, -0.2) is 15.0 Å². The van der Waals surface area contributed by atoms with Crippen LogP contribution in [0.15, 0.2) is 23.1 Å². The molecule has 1 aromatic carbocycles. The van der Waals surface area contributed by atoms with E-state index in [2.05, 4.69) is 0 Å². The zero-order chi connectivity index (χ0) is 18.3. The largest absolute Gasteiger partial charge is 0.416 e. The summed E-state index contributed by atoms with van der Waals surface area (Å²) in [6.07, 6.45) is -10.2. The molecular formula is C13H15F6NO2S. The molecule has 0 fully saturated rings. The number of sulfonamides is 1. The standard InChI is InChI=1S/C13H15F6NO2S/c1-11(2,3)7-20-23(21,22)10-5-8(12(14,15)16)4-9(6-10)13(17,18)19/h4-6,20H,7H2,1-3H3. The fourth-order valence-corrected chi connectivity index (χ4v) is 2.83. The van der Waals surface area contributed by atoms with Gasteiger partial charge in [-0.3, -0.25) is 0 Å². The van der Waals surface area contributed by atoms with Gasteiger partial charge in [0.2, 0.25) is 10.0 Å². The Morgan fingerprint density at radius 3 is 1.57 bits per heavy atom. The molecule has 0 bridgehead atoms. The lowest BCUT2D eigenvalue weighted by Crippen LogP contribution is -2.32. The Bertz CT molecular complexity index is 639. The third-order valence-electron chi connectivity index (χ3n) is 2.66. The van der Waals surface area contributed by atoms with E-state index in [9.17, 15) is 34.8 Å². The van der Waals surface area contributed by atoms with Crippen LogP contribution < -0.4 is 4.72 Å². The maximum atomic E-state index is 12.7. The predicted octanol–water partition coefficient (Wildman–Crippen LogP) is 4.05.